The highest BCUT2D eigenvalue weighted by atomic mass is 19.4. The number of carboxylic acid groups (broad SMARTS) is 2. The summed E-state index contributed by atoms with van der Waals surface area (Å²) in [6.45, 7) is -0.253. The van der Waals surface area contributed by atoms with Crippen molar-refractivity contribution in [2.24, 2.45) is 0 Å². The second-order valence-corrected chi connectivity index (χ2v) is 10.7. The number of nitrogens with one attached hydrogen (secondary N) is 3. The first-order valence-corrected chi connectivity index (χ1v) is 13.6. The molecule has 3 amide bonds. The molecule has 0 bridgehead atoms. The van der Waals surface area contributed by atoms with Crippen LogP contribution in [0.1, 0.15) is 56.3 Å². The highest BCUT2D eigenvalue weighted by Crippen LogP contribution is 2.35. The van der Waals surface area contributed by atoms with Crippen LogP contribution >= 0.6 is 0 Å². The van der Waals surface area contributed by atoms with Gasteiger partial charge in [-0.25, -0.2) is 4.79 Å². The molecule has 2 heterocycles. The van der Waals surface area contributed by atoms with Crippen molar-refractivity contribution in [3.05, 3.63) is 57.6 Å². The van der Waals surface area contributed by atoms with Gasteiger partial charge >= 0.3 is 38.5 Å². The second kappa shape index (κ2) is 13.5. The van der Waals surface area contributed by atoms with Gasteiger partial charge in [-0.1, -0.05) is 0 Å². The van der Waals surface area contributed by atoms with Crippen LogP contribution in [0.15, 0.2) is 24.3 Å². The molecule has 14 nitrogen and oxygen atoms in total. The molecule has 0 saturated heterocycles. The van der Waals surface area contributed by atoms with E-state index in [1.807, 2.05) is 10.6 Å². The van der Waals surface area contributed by atoms with Gasteiger partial charge < -0.3 is 45.5 Å². The fraction of sp³-hybridized carbons (Fsp3) is 0.346. The Hall–Kier alpha value is -4.66. The molecule has 3 atom stereocenters. The van der Waals surface area contributed by atoms with Crippen LogP contribution in [-0.2, 0) is 49.3 Å². The van der Waals surface area contributed by atoms with Crippen molar-refractivity contribution >= 4 is 54.8 Å². The second-order valence-electron chi connectivity index (χ2n) is 10.7. The molecule has 7 N–H and O–H groups in total. The molecule has 2 aliphatic heterocycles. The monoisotopic (exact) mass is 689 g/mol. The van der Waals surface area contributed by atoms with Crippen LogP contribution < -0.4 is 26.9 Å². The average molecular weight is 689 g/mol. The van der Waals surface area contributed by atoms with Gasteiger partial charge in [-0.05, 0) is 53.2 Å². The third-order valence-electron chi connectivity index (χ3n) is 7.43. The molecule has 0 radical (unpaired) electrons. The van der Waals surface area contributed by atoms with E-state index in [1.165, 1.54) is 0 Å². The third kappa shape index (κ3) is 7.72. The van der Waals surface area contributed by atoms with E-state index in [4.69, 9.17) is 14.4 Å². The van der Waals surface area contributed by atoms with Crippen LogP contribution in [0.25, 0.3) is 0 Å². The summed E-state index contributed by atoms with van der Waals surface area (Å²) in [5.41, 5.74) is -5.87. The molecule has 2 aromatic rings. The van der Waals surface area contributed by atoms with Crippen LogP contribution in [-0.4, -0.2) is 82.3 Å². The molecule has 4 rings (SSSR count). The number of fused-ring (bicyclic) bond motifs is 2. The van der Waals surface area contributed by atoms with Crippen molar-refractivity contribution in [1.29, 1.82) is 0 Å². The normalized spacial score (nSPS) is 16.0. The van der Waals surface area contributed by atoms with E-state index in [0.717, 1.165) is 19.1 Å². The number of amides is 3. The number of alkyl halides is 6. The van der Waals surface area contributed by atoms with Gasteiger partial charge in [-0.15, -0.1) is 0 Å². The fourth-order valence-electron chi connectivity index (χ4n) is 5.08. The van der Waals surface area contributed by atoms with Crippen molar-refractivity contribution < 1.29 is 79.9 Å². The van der Waals surface area contributed by atoms with Gasteiger partial charge in [0.2, 0.25) is 5.91 Å². The quantitative estimate of drug-likeness (QED) is 0.120. The lowest BCUT2D eigenvalue weighted by Crippen LogP contribution is -2.60. The summed E-state index contributed by atoms with van der Waals surface area (Å²) in [6.07, 6.45) is -11.2. The highest BCUT2D eigenvalue weighted by Gasteiger charge is 2.43. The van der Waals surface area contributed by atoms with Crippen molar-refractivity contribution in [1.82, 2.24) is 16.0 Å². The smallest absolute Gasteiger partial charge is 0.481 e. The number of benzene rings is 2. The fourth-order valence-corrected chi connectivity index (χ4v) is 5.08. The Bertz CT molecular complexity index is 1670. The molecule has 0 fully saturated rings. The van der Waals surface area contributed by atoms with Crippen LogP contribution in [0.5, 0.6) is 0 Å². The van der Waals surface area contributed by atoms with Crippen molar-refractivity contribution in [2.45, 2.75) is 57.0 Å². The van der Waals surface area contributed by atoms with Gasteiger partial charge in [-0.2, -0.15) is 26.3 Å². The lowest BCUT2D eigenvalue weighted by Gasteiger charge is -2.27. The molecule has 0 unspecified atom stereocenters. The summed E-state index contributed by atoms with van der Waals surface area (Å²) in [7, 11) is -3.67. The summed E-state index contributed by atoms with van der Waals surface area (Å²) < 4.78 is 92.3. The first-order valence-electron chi connectivity index (χ1n) is 13.6. The van der Waals surface area contributed by atoms with Crippen LogP contribution in [0.3, 0.4) is 0 Å². The zero-order valence-electron chi connectivity index (χ0n) is 24.2. The third-order valence-corrected chi connectivity index (χ3v) is 7.43. The van der Waals surface area contributed by atoms with E-state index in [2.05, 4.69) is 5.32 Å². The van der Waals surface area contributed by atoms with Gasteiger partial charge in [0.25, 0.3) is 11.8 Å². The van der Waals surface area contributed by atoms with Crippen LogP contribution in [0, 0.1) is 0 Å². The molecule has 2 aromatic carbocycles. The van der Waals surface area contributed by atoms with Gasteiger partial charge in [-0.3, -0.25) is 19.2 Å². The summed E-state index contributed by atoms with van der Waals surface area (Å²) in [4.78, 5) is 62.3. The predicted molar refractivity (Wildman–Crippen MR) is 148 cm³/mol. The lowest BCUT2D eigenvalue weighted by molar-refractivity contribution is -0.147. The Morgan fingerprint density at radius 3 is 1.60 bits per heavy atom. The van der Waals surface area contributed by atoms with E-state index >= 15 is 0 Å². The van der Waals surface area contributed by atoms with E-state index < -0.39 is 133 Å². The van der Waals surface area contributed by atoms with Crippen LogP contribution in [0.4, 0.5) is 26.3 Å². The van der Waals surface area contributed by atoms with Crippen molar-refractivity contribution in [3.8, 4) is 0 Å². The first kappa shape index (κ1) is 36.2. The summed E-state index contributed by atoms with van der Waals surface area (Å²) in [5.74, 6) is -7.70. The largest absolute Gasteiger partial charge is 0.491 e. The van der Waals surface area contributed by atoms with Crippen molar-refractivity contribution in [2.75, 3.05) is 0 Å². The van der Waals surface area contributed by atoms with Crippen LogP contribution in [0.2, 0.25) is 0 Å². The van der Waals surface area contributed by atoms with E-state index in [0.29, 0.717) is 12.1 Å². The van der Waals surface area contributed by atoms with Gasteiger partial charge in [0.15, 0.2) is 0 Å². The number of hydrogen-bond donors (Lipinski definition) is 7. The number of carbonyl (C=O) groups is 5. The Labute approximate surface area is 265 Å². The Morgan fingerprint density at radius 1 is 0.771 bits per heavy atom. The zero-order chi connectivity index (χ0) is 35.9. The average Bonchev–Trinajstić information content (AvgIpc) is 3.54. The molecule has 0 saturated carbocycles. The topological polar surface area (TPSA) is 221 Å². The number of hydrogen-bond acceptors (Lipinski definition) is 9. The van der Waals surface area contributed by atoms with Gasteiger partial charge in [0.1, 0.15) is 12.1 Å². The minimum atomic E-state index is -5.04. The highest BCUT2D eigenvalue weighted by molar-refractivity contribution is 6.62. The zero-order valence-corrected chi connectivity index (χ0v) is 24.2. The standard InChI is InChI=1S/C26H23B2F6N3O11/c1-9(35-21(40)10-2-14(25(29,30)31)12-7-47-27(45)16(12)4-10)20(23(42)36-18(24(43)44)6-19(38)39)37-22(41)11-3-15(26(32,33)34)13-8-48-28(46)17(13)5-11/h2-5,9,18,20,45-46H,6-8H2,1H3,(H,35,40)(H,36,42)(H,37,41)(H,38,39)(H,43,44)/t9-,18-,20-/m0/s1. The minimum Gasteiger partial charge on any atom is -0.481 e. The lowest BCUT2D eigenvalue weighted by atomic mass is 9.77. The summed E-state index contributed by atoms with van der Waals surface area (Å²) in [5, 5.41) is 44.3. The maximum Gasteiger partial charge on any atom is 0.491 e. The molecule has 48 heavy (non-hydrogen) atoms. The Kier molecular flexibility index (Phi) is 10.1. The number of carboxylic acids is 2. The maximum atomic E-state index is 13.8. The number of carbonyl (C=O) groups excluding carboxylic acids is 3. The number of halogens is 6. The molecule has 256 valence electrons. The maximum absolute atomic E-state index is 13.8. The molecular formula is C26H23B2F6N3O11. The molecule has 2 aliphatic rings. The van der Waals surface area contributed by atoms with E-state index in [9.17, 15) is 65.5 Å². The van der Waals surface area contributed by atoms with E-state index in [1.54, 1.807) is 0 Å². The number of rotatable bonds is 10. The summed E-state index contributed by atoms with van der Waals surface area (Å²) >= 11 is 0. The van der Waals surface area contributed by atoms with Crippen molar-refractivity contribution in [3.63, 3.8) is 0 Å². The Morgan fingerprint density at radius 2 is 1.21 bits per heavy atom. The molecule has 0 aromatic heterocycles. The molecular weight excluding hydrogens is 666 g/mol. The van der Waals surface area contributed by atoms with Gasteiger partial charge in [0, 0.05) is 11.1 Å². The molecule has 0 aliphatic carbocycles. The van der Waals surface area contributed by atoms with Gasteiger partial charge in [0.05, 0.1) is 36.8 Å². The first-order chi connectivity index (χ1) is 22.2. The number of aliphatic carboxylic acids is 2. The summed E-state index contributed by atoms with van der Waals surface area (Å²) in [6, 6.07) is -3.34. The molecule has 22 heteroatoms. The predicted octanol–water partition coefficient (Wildman–Crippen LogP) is -0.879. The molecule has 0 spiro atoms. The minimum absolute atomic E-state index is 0.383. The van der Waals surface area contributed by atoms with E-state index in [-0.39, 0.29) is 5.46 Å². The Balaban J connectivity index is 1.69. The SMILES string of the molecule is C[C@H](NC(=O)c1cc2c(c(C(F)(F)F)c1)COB2O)[C@H](NC(=O)c1cc2c(c(C(F)(F)F)c1)COB2O)C(=O)N[C@@H](CC(=O)O)C(=O)O.